The third-order valence-electron chi connectivity index (χ3n) is 3.90. The molecule has 2 aliphatic rings. The molecule has 0 radical (unpaired) electrons. The van der Waals surface area contributed by atoms with Gasteiger partial charge in [0.2, 0.25) is 5.91 Å². The Labute approximate surface area is 92.8 Å². The van der Waals surface area contributed by atoms with E-state index in [1.165, 1.54) is 44.9 Å². The number of hydrogen-bond donors (Lipinski definition) is 1. The Morgan fingerprint density at radius 2 is 1.60 bits per heavy atom. The molecule has 2 aliphatic carbocycles. The molecule has 0 spiro atoms. The maximum absolute atomic E-state index is 11.8. The van der Waals surface area contributed by atoms with Gasteiger partial charge in [0.1, 0.15) is 0 Å². The fraction of sp³-hybridized carbons (Fsp3) is 0.923. The molecular formula is C13H23NO. The lowest BCUT2D eigenvalue weighted by Crippen LogP contribution is -2.36. The summed E-state index contributed by atoms with van der Waals surface area (Å²) >= 11 is 0. The summed E-state index contributed by atoms with van der Waals surface area (Å²) in [5, 5.41) is 3.24. The van der Waals surface area contributed by atoms with Crippen LogP contribution in [0.3, 0.4) is 0 Å². The summed E-state index contributed by atoms with van der Waals surface area (Å²) in [7, 11) is 0. The average molecular weight is 209 g/mol. The molecule has 2 heteroatoms. The van der Waals surface area contributed by atoms with Crippen molar-refractivity contribution in [3.8, 4) is 0 Å². The minimum atomic E-state index is 0.327. The summed E-state index contributed by atoms with van der Waals surface area (Å²) in [6, 6.07) is 0.477. The van der Waals surface area contributed by atoms with Gasteiger partial charge >= 0.3 is 0 Å². The van der Waals surface area contributed by atoms with E-state index < -0.39 is 0 Å². The molecule has 2 fully saturated rings. The summed E-state index contributed by atoms with van der Waals surface area (Å²) in [4.78, 5) is 11.8. The van der Waals surface area contributed by atoms with E-state index in [9.17, 15) is 4.79 Å². The number of hydrogen-bond acceptors (Lipinski definition) is 1. The van der Waals surface area contributed by atoms with Gasteiger partial charge in [0, 0.05) is 12.0 Å². The highest BCUT2D eigenvalue weighted by Gasteiger charge is 2.39. The molecule has 0 aromatic carbocycles. The van der Waals surface area contributed by atoms with Crippen molar-refractivity contribution in [1.82, 2.24) is 5.32 Å². The Morgan fingerprint density at radius 3 is 2.13 bits per heavy atom. The van der Waals surface area contributed by atoms with Gasteiger partial charge in [-0.1, -0.05) is 39.0 Å². The number of rotatable bonds is 2. The normalized spacial score (nSPS) is 32.9. The molecule has 0 aliphatic heterocycles. The van der Waals surface area contributed by atoms with Crippen LogP contribution >= 0.6 is 0 Å². The van der Waals surface area contributed by atoms with Crippen LogP contribution in [0.2, 0.25) is 0 Å². The predicted octanol–water partition coefficient (Wildman–Crippen LogP) is 2.87. The van der Waals surface area contributed by atoms with Crippen LogP contribution in [0.5, 0.6) is 0 Å². The van der Waals surface area contributed by atoms with E-state index >= 15 is 0 Å². The lowest BCUT2D eigenvalue weighted by molar-refractivity contribution is -0.123. The third-order valence-corrected chi connectivity index (χ3v) is 3.90. The summed E-state index contributed by atoms with van der Waals surface area (Å²) in [5.74, 6) is 1.31. The Hall–Kier alpha value is -0.530. The molecular weight excluding hydrogens is 186 g/mol. The van der Waals surface area contributed by atoms with E-state index in [1.807, 2.05) is 0 Å². The van der Waals surface area contributed by atoms with Crippen LogP contribution in [0.25, 0.3) is 0 Å². The van der Waals surface area contributed by atoms with Gasteiger partial charge in [0.15, 0.2) is 0 Å². The topological polar surface area (TPSA) is 29.1 Å². The van der Waals surface area contributed by atoms with Crippen LogP contribution in [-0.2, 0) is 4.79 Å². The first-order chi connectivity index (χ1) is 7.27. The Bertz CT molecular complexity index is 219. The van der Waals surface area contributed by atoms with Crippen molar-refractivity contribution in [1.29, 1.82) is 0 Å². The van der Waals surface area contributed by atoms with Gasteiger partial charge in [-0.05, 0) is 25.2 Å². The second-order valence-corrected chi connectivity index (χ2v) is 5.37. The van der Waals surface area contributed by atoms with Gasteiger partial charge in [-0.2, -0.15) is 0 Å². The lowest BCUT2D eigenvalue weighted by atomic mass is 9.96. The molecule has 0 saturated heterocycles. The summed E-state index contributed by atoms with van der Waals surface area (Å²) in [6.45, 7) is 2.17. The molecule has 2 atom stereocenters. The predicted molar refractivity (Wildman–Crippen MR) is 61.5 cm³/mol. The fourth-order valence-electron chi connectivity index (χ4n) is 2.60. The summed E-state index contributed by atoms with van der Waals surface area (Å²) in [6.07, 6.45) is 10.2. The molecule has 2 saturated carbocycles. The number of amides is 1. The summed E-state index contributed by atoms with van der Waals surface area (Å²) < 4.78 is 0. The maximum atomic E-state index is 11.8. The zero-order valence-corrected chi connectivity index (χ0v) is 9.80. The highest BCUT2D eigenvalue weighted by atomic mass is 16.2. The molecule has 0 aromatic heterocycles. The number of carbonyl (C=O) groups is 1. The van der Waals surface area contributed by atoms with Crippen molar-refractivity contribution in [2.45, 2.75) is 64.3 Å². The molecule has 1 N–H and O–H groups in total. The standard InChI is InChI=1S/C13H23NO/c1-10-9-12(10)13(15)14-11-7-5-3-2-4-6-8-11/h10-12H,2-9H2,1H3,(H,14,15)/t10-,12+/m0/s1. The monoisotopic (exact) mass is 209 g/mol. The minimum Gasteiger partial charge on any atom is -0.353 e. The van der Waals surface area contributed by atoms with Crippen LogP contribution in [0.1, 0.15) is 58.3 Å². The highest BCUT2D eigenvalue weighted by molar-refractivity contribution is 5.81. The first-order valence-electron chi connectivity index (χ1n) is 6.58. The van der Waals surface area contributed by atoms with Crippen LogP contribution in [0.4, 0.5) is 0 Å². The molecule has 86 valence electrons. The molecule has 15 heavy (non-hydrogen) atoms. The van der Waals surface area contributed by atoms with Gasteiger partial charge in [-0.25, -0.2) is 0 Å². The van der Waals surface area contributed by atoms with Gasteiger partial charge in [0.05, 0.1) is 0 Å². The van der Waals surface area contributed by atoms with Crippen molar-refractivity contribution < 1.29 is 4.79 Å². The van der Waals surface area contributed by atoms with Gasteiger partial charge in [0.25, 0.3) is 0 Å². The zero-order chi connectivity index (χ0) is 10.7. The van der Waals surface area contributed by atoms with E-state index in [2.05, 4.69) is 12.2 Å². The van der Waals surface area contributed by atoms with Gasteiger partial charge in [-0.3, -0.25) is 4.79 Å². The van der Waals surface area contributed by atoms with Crippen molar-refractivity contribution in [2.75, 3.05) is 0 Å². The van der Waals surface area contributed by atoms with Crippen LogP contribution in [0, 0.1) is 11.8 Å². The van der Waals surface area contributed by atoms with Crippen molar-refractivity contribution in [3.05, 3.63) is 0 Å². The molecule has 0 aromatic rings. The third kappa shape index (κ3) is 3.22. The molecule has 0 unspecified atom stereocenters. The van der Waals surface area contributed by atoms with Crippen LogP contribution < -0.4 is 5.32 Å². The molecule has 0 heterocycles. The highest BCUT2D eigenvalue weighted by Crippen LogP contribution is 2.37. The zero-order valence-electron chi connectivity index (χ0n) is 9.80. The van der Waals surface area contributed by atoms with Crippen molar-refractivity contribution in [3.63, 3.8) is 0 Å². The molecule has 2 nitrogen and oxygen atoms in total. The first-order valence-corrected chi connectivity index (χ1v) is 6.58. The van der Waals surface area contributed by atoms with Crippen LogP contribution in [0.15, 0.2) is 0 Å². The number of nitrogens with one attached hydrogen (secondary N) is 1. The van der Waals surface area contributed by atoms with Crippen molar-refractivity contribution in [2.24, 2.45) is 11.8 Å². The first kappa shape index (κ1) is 11.0. The SMILES string of the molecule is C[C@H]1C[C@H]1C(=O)NC1CCCCCCC1. The van der Waals surface area contributed by atoms with Crippen molar-refractivity contribution >= 4 is 5.91 Å². The van der Waals surface area contributed by atoms with Gasteiger partial charge in [-0.15, -0.1) is 0 Å². The quantitative estimate of drug-likeness (QED) is 0.744. The second-order valence-electron chi connectivity index (χ2n) is 5.37. The molecule has 2 rings (SSSR count). The molecule has 0 bridgehead atoms. The van der Waals surface area contributed by atoms with Crippen LogP contribution in [-0.4, -0.2) is 11.9 Å². The maximum Gasteiger partial charge on any atom is 0.223 e. The summed E-state index contributed by atoms with van der Waals surface area (Å²) in [5.41, 5.74) is 0. The van der Waals surface area contributed by atoms with E-state index in [0.29, 0.717) is 23.8 Å². The number of carbonyl (C=O) groups excluding carboxylic acids is 1. The van der Waals surface area contributed by atoms with E-state index in [1.54, 1.807) is 0 Å². The lowest BCUT2D eigenvalue weighted by Gasteiger charge is -2.21. The Kier molecular flexibility index (Phi) is 3.66. The largest absolute Gasteiger partial charge is 0.353 e. The fourth-order valence-corrected chi connectivity index (χ4v) is 2.60. The van der Waals surface area contributed by atoms with E-state index in [0.717, 1.165) is 6.42 Å². The average Bonchev–Trinajstić information content (AvgIpc) is 2.87. The molecule has 1 amide bonds. The minimum absolute atomic E-state index is 0.327. The Morgan fingerprint density at radius 1 is 1.07 bits per heavy atom. The van der Waals surface area contributed by atoms with E-state index in [-0.39, 0.29) is 0 Å². The smallest absolute Gasteiger partial charge is 0.223 e. The second kappa shape index (κ2) is 5.00. The van der Waals surface area contributed by atoms with E-state index in [4.69, 9.17) is 0 Å². The van der Waals surface area contributed by atoms with Gasteiger partial charge < -0.3 is 5.32 Å². The Balaban J connectivity index is 1.74.